The van der Waals surface area contributed by atoms with Gasteiger partial charge in [-0.05, 0) is 60.4 Å². The number of carbonyl (C=O) groups is 1. The van der Waals surface area contributed by atoms with Crippen LogP contribution in [0.3, 0.4) is 0 Å². The lowest BCUT2D eigenvalue weighted by atomic mass is 9.79. The molecule has 0 saturated heterocycles. The molecule has 0 amide bonds. The van der Waals surface area contributed by atoms with Crippen LogP contribution in [0.15, 0.2) is 91.0 Å². The van der Waals surface area contributed by atoms with Crippen molar-refractivity contribution in [2.24, 2.45) is 0 Å². The summed E-state index contributed by atoms with van der Waals surface area (Å²) >= 11 is 0. The van der Waals surface area contributed by atoms with Crippen LogP contribution in [0.5, 0.6) is 11.5 Å². The van der Waals surface area contributed by atoms with E-state index >= 15 is 0 Å². The number of benzene rings is 4. The normalized spacial score (nSPS) is 17.6. The second kappa shape index (κ2) is 9.97. The third kappa shape index (κ3) is 4.87. The van der Waals surface area contributed by atoms with Crippen molar-refractivity contribution >= 4 is 22.4 Å². The Morgan fingerprint density at radius 3 is 2.31 bits per heavy atom. The predicted molar refractivity (Wildman–Crippen MR) is 134 cm³/mol. The summed E-state index contributed by atoms with van der Waals surface area (Å²) in [5, 5.41) is 13.1. The smallest absolute Gasteiger partial charge is 0.338 e. The van der Waals surface area contributed by atoms with Gasteiger partial charge in [0.05, 0.1) is 10.5 Å². The average molecular weight is 468 g/mol. The van der Waals surface area contributed by atoms with E-state index in [9.17, 15) is 14.9 Å². The number of fused-ring (bicyclic) bond motifs is 1. The third-order valence-corrected chi connectivity index (χ3v) is 6.55. The summed E-state index contributed by atoms with van der Waals surface area (Å²) in [7, 11) is 0. The minimum Gasteiger partial charge on any atom is -0.458 e. The van der Waals surface area contributed by atoms with Gasteiger partial charge in [-0.3, -0.25) is 10.1 Å². The Bertz CT molecular complexity index is 1350. The Balaban J connectivity index is 1.49. The van der Waals surface area contributed by atoms with Crippen molar-refractivity contribution in [1.29, 1.82) is 0 Å². The highest BCUT2D eigenvalue weighted by Crippen LogP contribution is 2.44. The first kappa shape index (κ1) is 22.6. The highest BCUT2D eigenvalue weighted by molar-refractivity contribution is 5.90. The number of hydrogen-bond donors (Lipinski definition) is 0. The Kier molecular flexibility index (Phi) is 6.44. The summed E-state index contributed by atoms with van der Waals surface area (Å²) in [5.74, 6) is 1.01. The van der Waals surface area contributed by atoms with Gasteiger partial charge in [0.1, 0.15) is 17.6 Å². The van der Waals surface area contributed by atoms with E-state index in [1.165, 1.54) is 24.3 Å². The van der Waals surface area contributed by atoms with Crippen molar-refractivity contribution in [3.8, 4) is 11.5 Å². The second-order valence-electron chi connectivity index (χ2n) is 8.75. The van der Waals surface area contributed by atoms with Crippen molar-refractivity contribution < 1.29 is 19.2 Å². The Morgan fingerprint density at radius 2 is 1.54 bits per heavy atom. The highest BCUT2D eigenvalue weighted by Gasteiger charge is 2.33. The van der Waals surface area contributed by atoms with Crippen LogP contribution < -0.4 is 4.74 Å². The van der Waals surface area contributed by atoms with E-state index in [0.29, 0.717) is 5.56 Å². The van der Waals surface area contributed by atoms with Gasteiger partial charge in [-0.2, -0.15) is 0 Å². The molecule has 2 atom stereocenters. The molecule has 176 valence electrons. The SMILES string of the molecule is O=C(O[C@H]1CCCC[C@H]1c1c(Oc2ccccc2)ccc2ccccc12)c1ccc([N+](=O)[O-])cc1. The van der Waals surface area contributed by atoms with E-state index < -0.39 is 10.9 Å². The second-order valence-corrected chi connectivity index (χ2v) is 8.75. The number of nitrogens with zero attached hydrogens (tertiary/aromatic N) is 1. The molecule has 6 heteroatoms. The molecule has 0 N–H and O–H groups in total. The lowest BCUT2D eigenvalue weighted by Gasteiger charge is -2.33. The molecule has 0 spiro atoms. The van der Waals surface area contributed by atoms with Gasteiger partial charge in [0.2, 0.25) is 0 Å². The molecule has 1 aliphatic rings. The maximum absolute atomic E-state index is 13.0. The minimum atomic E-state index is -0.485. The van der Waals surface area contributed by atoms with Crippen LogP contribution in [0, 0.1) is 10.1 Å². The van der Waals surface area contributed by atoms with Gasteiger partial charge in [0.15, 0.2) is 0 Å². The molecular weight excluding hydrogens is 442 g/mol. The van der Waals surface area contributed by atoms with E-state index in [2.05, 4.69) is 18.2 Å². The van der Waals surface area contributed by atoms with Gasteiger partial charge < -0.3 is 9.47 Å². The zero-order chi connectivity index (χ0) is 24.2. The van der Waals surface area contributed by atoms with Crippen LogP contribution in [0.2, 0.25) is 0 Å². The van der Waals surface area contributed by atoms with Gasteiger partial charge in [0.25, 0.3) is 5.69 Å². The number of hydrogen-bond acceptors (Lipinski definition) is 5. The maximum atomic E-state index is 13.0. The van der Waals surface area contributed by atoms with Crippen LogP contribution in [-0.4, -0.2) is 17.0 Å². The summed E-state index contributed by atoms with van der Waals surface area (Å²) in [4.78, 5) is 23.4. The van der Waals surface area contributed by atoms with Crippen LogP contribution in [-0.2, 0) is 4.74 Å². The minimum absolute atomic E-state index is 0.0319. The lowest BCUT2D eigenvalue weighted by molar-refractivity contribution is -0.384. The van der Waals surface area contributed by atoms with Crippen molar-refractivity contribution in [3.63, 3.8) is 0 Å². The van der Waals surface area contributed by atoms with Gasteiger partial charge in [-0.1, -0.05) is 55.0 Å². The Labute approximate surface area is 203 Å². The first-order valence-electron chi connectivity index (χ1n) is 11.8. The van der Waals surface area contributed by atoms with E-state index in [1.807, 2.05) is 48.5 Å². The number of non-ortho nitro benzene ring substituents is 1. The van der Waals surface area contributed by atoms with Crippen LogP contribution in [0.25, 0.3) is 10.8 Å². The van der Waals surface area contributed by atoms with Crippen molar-refractivity contribution in [3.05, 3.63) is 112 Å². The van der Waals surface area contributed by atoms with E-state index in [4.69, 9.17) is 9.47 Å². The molecule has 0 aromatic heterocycles. The molecule has 0 radical (unpaired) electrons. The third-order valence-electron chi connectivity index (χ3n) is 6.55. The number of carbonyl (C=O) groups excluding carboxylic acids is 1. The van der Waals surface area contributed by atoms with Crippen molar-refractivity contribution in [2.45, 2.75) is 37.7 Å². The summed E-state index contributed by atoms with van der Waals surface area (Å²) < 4.78 is 12.4. The van der Waals surface area contributed by atoms with Gasteiger partial charge in [-0.25, -0.2) is 4.79 Å². The summed E-state index contributed by atoms with van der Waals surface area (Å²) in [5.41, 5.74) is 1.29. The maximum Gasteiger partial charge on any atom is 0.338 e. The molecule has 5 rings (SSSR count). The van der Waals surface area contributed by atoms with E-state index in [-0.39, 0.29) is 17.7 Å². The molecule has 1 aliphatic carbocycles. The van der Waals surface area contributed by atoms with Crippen molar-refractivity contribution in [2.75, 3.05) is 0 Å². The van der Waals surface area contributed by atoms with Gasteiger partial charge in [0, 0.05) is 23.6 Å². The fourth-order valence-electron chi connectivity index (χ4n) is 4.86. The fourth-order valence-corrected chi connectivity index (χ4v) is 4.86. The number of nitro benzene ring substituents is 1. The zero-order valence-corrected chi connectivity index (χ0v) is 19.1. The molecule has 4 aromatic carbocycles. The van der Waals surface area contributed by atoms with Gasteiger partial charge in [-0.15, -0.1) is 0 Å². The lowest BCUT2D eigenvalue weighted by Crippen LogP contribution is -2.29. The van der Waals surface area contributed by atoms with E-state index in [0.717, 1.165) is 53.5 Å². The van der Waals surface area contributed by atoms with Gasteiger partial charge >= 0.3 is 5.97 Å². The zero-order valence-electron chi connectivity index (χ0n) is 19.1. The van der Waals surface area contributed by atoms with Crippen LogP contribution >= 0.6 is 0 Å². The van der Waals surface area contributed by atoms with Crippen LogP contribution in [0.4, 0.5) is 5.69 Å². The average Bonchev–Trinajstić information content (AvgIpc) is 2.90. The predicted octanol–water partition coefficient (Wildman–Crippen LogP) is 7.42. The quantitative estimate of drug-likeness (QED) is 0.167. The molecule has 0 heterocycles. The van der Waals surface area contributed by atoms with E-state index in [1.54, 1.807) is 0 Å². The largest absolute Gasteiger partial charge is 0.458 e. The molecule has 1 fully saturated rings. The van der Waals surface area contributed by atoms with Crippen LogP contribution in [0.1, 0.15) is 47.5 Å². The molecular formula is C29H25NO5. The molecule has 0 aliphatic heterocycles. The number of nitro groups is 1. The standard InChI is InChI=1S/C29H25NO5/c31-29(21-14-17-22(18-15-21)30(32)33)35-26-13-7-6-12-25(26)28-24-11-5-4-8-20(24)16-19-27(28)34-23-9-2-1-3-10-23/h1-5,8-11,14-19,25-26H,6-7,12-13H2/t25-,26+/m1/s1. The number of para-hydroxylation sites is 1. The topological polar surface area (TPSA) is 78.7 Å². The molecule has 0 bridgehead atoms. The number of esters is 1. The molecule has 35 heavy (non-hydrogen) atoms. The Morgan fingerprint density at radius 1 is 0.829 bits per heavy atom. The molecule has 4 aromatic rings. The summed E-state index contributed by atoms with van der Waals surface area (Å²) in [6, 6.07) is 27.4. The molecule has 0 unspecified atom stereocenters. The first-order valence-corrected chi connectivity index (χ1v) is 11.8. The fraction of sp³-hybridized carbons (Fsp3) is 0.207. The first-order chi connectivity index (χ1) is 17.1. The monoisotopic (exact) mass is 467 g/mol. The van der Waals surface area contributed by atoms with Crippen molar-refractivity contribution in [1.82, 2.24) is 0 Å². The summed E-state index contributed by atoms with van der Waals surface area (Å²) in [6.07, 6.45) is 3.29. The summed E-state index contributed by atoms with van der Waals surface area (Å²) in [6.45, 7) is 0. The number of rotatable bonds is 6. The molecule has 6 nitrogen and oxygen atoms in total. The highest BCUT2D eigenvalue weighted by atomic mass is 16.6. The number of ether oxygens (including phenoxy) is 2. The molecule has 1 saturated carbocycles. The Hall–Kier alpha value is -4.19.